The van der Waals surface area contributed by atoms with E-state index in [-0.39, 0.29) is 22.0 Å². The SMILES string of the molecule is Nc1ncc(-c2ccc(C(F)(F)F)cc2F)cc1Cl. The van der Waals surface area contributed by atoms with Gasteiger partial charge in [0, 0.05) is 17.3 Å². The van der Waals surface area contributed by atoms with Crippen LogP contribution in [0, 0.1) is 5.82 Å². The fourth-order valence-corrected chi connectivity index (χ4v) is 1.69. The summed E-state index contributed by atoms with van der Waals surface area (Å²) in [4.78, 5) is 3.72. The summed E-state index contributed by atoms with van der Waals surface area (Å²) in [5.74, 6) is -0.935. The molecule has 1 aromatic heterocycles. The lowest BCUT2D eigenvalue weighted by molar-refractivity contribution is -0.137. The summed E-state index contributed by atoms with van der Waals surface area (Å²) in [7, 11) is 0. The minimum absolute atomic E-state index is 0.0256. The molecule has 2 rings (SSSR count). The van der Waals surface area contributed by atoms with Crippen LogP contribution in [0.3, 0.4) is 0 Å². The van der Waals surface area contributed by atoms with E-state index in [1.165, 1.54) is 12.3 Å². The Morgan fingerprint density at radius 2 is 1.84 bits per heavy atom. The number of rotatable bonds is 1. The van der Waals surface area contributed by atoms with Crippen molar-refractivity contribution < 1.29 is 17.6 Å². The molecule has 19 heavy (non-hydrogen) atoms. The monoisotopic (exact) mass is 290 g/mol. The van der Waals surface area contributed by atoms with E-state index in [0.717, 1.165) is 12.1 Å². The summed E-state index contributed by atoms with van der Waals surface area (Å²) in [5.41, 5.74) is 4.58. The van der Waals surface area contributed by atoms with Gasteiger partial charge in [0.05, 0.1) is 10.6 Å². The number of hydrogen-bond donors (Lipinski definition) is 1. The Labute approximate surface area is 110 Å². The fraction of sp³-hybridized carbons (Fsp3) is 0.0833. The second-order valence-corrected chi connectivity index (χ2v) is 4.19. The van der Waals surface area contributed by atoms with Crippen LogP contribution >= 0.6 is 11.6 Å². The first-order chi connectivity index (χ1) is 8.79. The number of nitrogen functional groups attached to an aromatic ring is 1. The van der Waals surface area contributed by atoms with Gasteiger partial charge in [-0.25, -0.2) is 9.37 Å². The number of pyridine rings is 1. The predicted octanol–water partition coefficient (Wildman–Crippen LogP) is 4.14. The van der Waals surface area contributed by atoms with E-state index in [0.29, 0.717) is 6.07 Å². The molecule has 0 radical (unpaired) electrons. The molecule has 0 aliphatic heterocycles. The van der Waals surface area contributed by atoms with Gasteiger partial charge in [-0.05, 0) is 18.2 Å². The van der Waals surface area contributed by atoms with E-state index in [1.807, 2.05) is 0 Å². The van der Waals surface area contributed by atoms with Crippen molar-refractivity contribution in [2.45, 2.75) is 6.18 Å². The molecule has 1 heterocycles. The maximum atomic E-state index is 13.7. The molecule has 0 bridgehead atoms. The lowest BCUT2D eigenvalue weighted by atomic mass is 10.0. The van der Waals surface area contributed by atoms with Gasteiger partial charge in [-0.2, -0.15) is 13.2 Å². The number of alkyl halides is 3. The second kappa shape index (κ2) is 4.70. The third-order valence-corrected chi connectivity index (χ3v) is 2.78. The summed E-state index contributed by atoms with van der Waals surface area (Å²) in [6.45, 7) is 0. The molecule has 0 atom stereocenters. The van der Waals surface area contributed by atoms with Crippen molar-refractivity contribution >= 4 is 17.4 Å². The van der Waals surface area contributed by atoms with Gasteiger partial charge in [0.25, 0.3) is 0 Å². The molecule has 0 spiro atoms. The minimum atomic E-state index is -4.59. The maximum absolute atomic E-state index is 13.7. The van der Waals surface area contributed by atoms with Crippen LogP contribution in [0.5, 0.6) is 0 Å². The number of anilines is 1. The maximum Gasteiger partial charge on any atom is 0.416 e. The topological polar surface area (TPSA) is 38.9 Å². The Hall–Kier alpha value is -1.82. The quantitative estimate of drug-likeness (QED) is 0.802. The molecule has 0 saturated carbocycles. The molecule has 2 N–H and O–H groups in total. The zero-order valence-electron chi connectivity index (χ0n) is 9.30. The van der Waals surface area contributed by atoms with Crippen molar-refractivity contribution in [1.29, 1.82) is 0 Å². The van der Waals surface area contributed by atoms with Crippen LogP contribution in [0.4, 0.5) is 23.4 Å². The summed E-state index contributed by atoms with van der Waals surface area (Å²) < 4.78 is 50.9. The van der Waals surface area contributed by atoms with Gasteiger partial charge in [0.2, 0.25) is 0 Å². The van der Waals surface area contributed by atoms with Gasteiger partial charge in [-0.3, -0.25) is 0 Å². The van der Waals surface area contributed by atoms with Crippen molar-refractivity contribution in [3.05, 3.63) is 46.9 Å². The van der Waals surface area contributed by atoms with E-state index in [4.69, 9.17) is 17.3 Å². The molecular weight excluding hydrogens is 284 g/mol. The standard InChI is InChI=1S/C12H7ClF4N2/c13-9-3-6(5-19-11(9)18)8-2-1-7(4-10(8)14)12(15,16)17/h1-5H,(H2,18,19). The molecule has 0 saturated heterocycles. The van der Waals surface area contributed by atoms with E-state index < -0.39 is 17.6 Å². The molecule has 100 valence electrons. The minimum Gasteiger partial charge on any atom is -0.382 e. The number of halogens is 5. The van der Waals surface area contributed by atoms with Crippen molar-refractivity contribution in [2.75, 3.05) is 5.73 Å². The first-order valence-electron chi connectivity index (χ1n) is 5.07. The van der Waals surface area contributed by atoms with Crippen LogP contribution in [0.15, 0.2) is 30.5 Å². The van der Waals surface area contributed by atoms with Crippen LogP contribution < -0.4 is 5.73 Å². The Morgan fingerprint density at radius 3 is 2.37 bits per heavy atom. The zero-order chi connectivity index (χ0) is 14.2. The molecule has 2 nitrogen and oxygen atoms in total. The Balaban J connectivity index is 2.49. The van der Waals surface area contributed by atoms with E-state index in [1.54, 1.807) is 0 Å². The third-order valence-electron chi connectivity index (χ3n) is 2.48. The van der Waals surface area contributed by atoms with Crippen molar-refractivity contribution in [1.82, 2.24) is 4.98 Å². The number of nitrogens with zero attached hydrogens (tertiary/aromatic N) is 1. The Morgan fingerprint density at radius 1 is 1.16 bits per heavy atom. The van der Waals surface area contributed by atoms with Gasteiger partial charge >= 0.3 is 6.18 Å². The molecule has 2 aromatic rings. The van der Waals surface area contributed by atoms with Crippen LogP contribution in [0.2, 0.25) is 5.02 Å². The molecule has 7 heteroatoms. The van der Waals surface area contributed by atoms with Crippen LogP contribution in [-0.4, -0.2) is 4.98 Å². The summed E-state index contributed by atoms with van der Waals surface area (Å²) in [6, 6.07) is 3.60. The van der Waals surface area contributed by atoms with Gasteiger partial charge < -0.3 is 5.73 Å². The smallest absolute Gasteiger partial charge is 0.382 e. The van der Waals surface area contributed by atoms with Gasteiger partial charge in [-0.15, -0.1) is 0 Å². The first-order valence-corrected chi connectivity index (χ1v) is 5.45. The fourth-order valence-electron chi connectivity index (χ4n) is 1.52. The highest BCUT2D eigenvalue weighted by Crippen LogP contribution is 2.33. The van der Waals surface area contributed by atoms with E-state index in [2.05, 4.69) is 4.98 Å². The number of benzene rings is 1. The highest BCUT2D eigenvalue weighted by atomic mass is 35.5. The summed E-state index contributed by atoms with van der Waals surface area (Å²) in [5, 5.41) is 0.108. The molecule has 0 aliphatic carbocycles. The normalized spacial score (nSPS) is 11.6. The number of aromatic nitrogens is 1. The average molecular weight is 291 g/mol. The van der Waals surface area contributed by atoms with Crippen molar-refractivity contribution in [3.63, 3.8) is 0 Å². The van der Waals surface area contributed by atoms with Crippen molar-refractivity contribution in [2.24, 2.45) is 0 Å². The first kappa shape index (κ1) is 13.6. The summed E-state index contributed by atoms with van der Waals surface area (Å²) >= 11 is 5.73. The van der Waals surface area contributed by atoms with Crippen LogP contribution in [-0.2, 0) is 6.18 Å². The molecule has 1 aromatic carbocycles. The van der Waals surface area contributed by atoms with Gasteiger partial charge in [-0.1, -0.05) is 17.7 Å². The zero-order valence-corrected chi connectivity index (χ0v) is 10.1. The van der Waals surface area contributed by atoms with Gasteiger partial charge in [0.15, 0.2) is 0 Å². The number of nitrogens with two attached hydrogens (primary N) is 1. The molecular formula is C12H7ClF4N2. The third kappa shape index (κ3) is 2.78. The molecule has 0 amide bonds. The van der Waals surface area contributed by atoms with Crippen molar-refractivity contribution in [3.8, 4) is 11.1 Å². The predicted molar refractivity (Wildman–Crippen MR) is 64.1 cm³/mol. The van der Waals surface area contributed by atoms with Crippen LogP contribution in [0.25, 0.3) is 11.1 Å². The van der Waals surface area contributed by atoms with E-state index >= 15 is 0 Å². The number of hydrogen-bond acceptors (Lipinski definition) is 2. The Kier molecular flexibility index (Phi) is 3.36. The highest BCUT2D eigenvalue weighted by molar-refractivity contribution is 6.33. The summed E-state index contributed by atoms with van der Waals surface area (Å²) in [6.07, 6.45) is -3.34. The van der Waals surface area contributed by atoms with Crippen LogP contribution in [0.1, 0.15) is 5.56 Å². The molecule has 0 unspecified atom stereocenters. The van der Waals surface area contributed by atoms with Gasteiger partial charge in [0.1, 0.15) is 11.6 Å². The highest BCUT2D eigenvalue weighted by Gasteiger charge is 2.31. The lowest BCUT2D eigenvalue weighted by Crippen LogP contribution is -2.05. The second-order valence-electron chi connectivity index (χ2n) is 3.78. The largest absolute Gasteiger partial charge is 0.416 e. The molecule has 0 aliphatic rings. The molecule has 0 fully saturated rings. The lowest BCUT2D eigenvalue weighted by Gasteiger charge is -2.09. The average Bonchev–Trinajstić information content (AvgIpc) is 2.31. The van der Waals surface area contributed by atoms with E-state index in [9.17, 15) is 17.6 Å². The Bertz CT molecular complexity index is 626.